The van der Waals surface area contributed by atoms with Crippen LogP contribution in [-0.4, -0.2) is 55.2 Å². The molecule has 2 aromatic rings. The third-order valence-electron chi connectivity index (χ3n) is 3.47. The van der Waals surface area contributed by atoms with Gasteiger partial charge in [-0.25, -0.2) is 5.43 Å². The van der Waals surface area contributed by atoms with E-state index in [2.05, 4.69) is 15.5 Å². The number of carbonyl (C=O) groups excluding carboxylic acids is 2. The van der Waals surface area contributed by atoms with E-state index in [0.29, 0.717) is 23.5 Å². The number of aromatic nitrogens is 1. The molecule has 1 aromatic carbocycles. The standard InChI is InChI=1S/C19H21ClN4O4/c1-4-27-16-9-13(8-15(20)18(16)28-12-17(25)24(2)3)10-22-23-19(26)14-6-5-7-21-11-14/h5-11H,4,12H2,1-3H3,(H,23,26)/b22-10-. The first-order chi connectivity index (χ1) is 13.4. The van der Waals surface area contributed by atoms with Crippen molar-refractivity contribution in [1.29, 1.82) is 0 Å². The van der Waals surface area contributed by atoms with Crippen LogP contribution in [0.5, 0.6) is 11.5 Å². The molecule has 0 aliphatic carbocycles. The molecule has 0 saturated heterocycles. The maximum absolute atomic E-state index is 12.0. The number of ether oxygens (including phenoxy) is 2. The summed E-state index contributed by atoms with van der Waals surface area (Å²) in [5, 5.41) is 4.18. The molecular weight excluding hydrogens is 384 g/mol. The molecule has 0 aliphatic rings. The minimum Gasteiger partial charge on any atom is -0.490 e. The van der Waals surface area contributed by atoms with Crippen molar-refractivity contribution in [2.75, 3.05) is 27.3 Å². The van der Waals surface area contributed by atoms with Crippen LogP contribution in [0.4, 0.5) is 0 Å². The van der Waals surface area contributed by atoms with Crippen LogP contribution in [0.15, 0.2) is 41.8 Å². The zero-order chi connectivity index (χ0) is 20.5. The fourth-order valence-corrected chi connectivity index (χ4v) is 2.33. The van der Waals surface area contributed by atoms with Gasteiger partial charge in [0.25, 0.3) is 11.8 Å². The summed E-state index contributed by atoms with van der Waals surface area (Å²) in [6.07, 6.45) is 4.44. The van der Waals surface area contributed by atoms with E-state index in [0.717, 1.165) is 0 Å². The number of hydrogen-bond donors (Lipinski definition) is 1. The van der Waals surface area contributed by atoms with Gasteiger partial charge in [-0.1, -0.05) is 11.6 Å². The predicted octanol–water partition coefficient (Wildman–Crippen LogP) is 2.36. The number of amides is 2. The highest BCUT2D eigenvalue weighted by atomic mass is 35.5. The number of nitrogens with zero attached hydrogens (tertiary/aromatic N) is 3. The second-order valence-electron chi connectivity index (χ2n) is 5.78. The third-order valence-corrected chi connectivity index (χ3v) is 3.75. The van der Waals surface area contributed by atoms with Gasteiger partial charge >= 0.3 is 0 Å². The number of hydrazone groups is 1. The Balaban J connectivity index is 2.12. The first-order valence-electron chi connectivity index (χ1n) is 8.45. The molecule has 0 fully saturated rings. The van der Waals surface area contributed by atoms with E-state index in [-0.39, 0.29) is 29.2 Å². The lowest BCUT2D eigenvalue weighted by Gasteiger charge is -2.16. The van der Waals surface area contributed by atoms with Gasteiger partial charge in [0.1, 0.15) is 0 Å². The number of likely N-dealkylation sites (N-methyl/N-ethyl adjacent to an activating group) is 1. The molecule has 2 amide bonds. The van der Waals surface area contributed by atoms with Crippen LogP contribution in [0.2, 0.25) is 5.02 Å². The summed E-state index contributed by atoms with van der Waals surface area (Å²) in [5.74, 6) is 0.0572. The second-order valence-corrected chi connectivity index (χ2v) is 6.19. The minimum absolute atomic E-state index is 0.165. The quantitative estimate of drug-likeness (QED) is 0.538. The van der Waals surface area contributed by atoms with E-state index >= 15 is 0 Å². The molecule has 0 bridgehead atoms. The molecule has 1 heterocycles. The lowest BCUT2D eigenvalue weighted by molar-refractivity contribution is -0.130. The van der Waals surface area contributed by atoms with Gasteiger partial charge in [0, 0.05) is 26.5 Å². The number of halogens is 1. The summed E-state index contributed by atoms with van der Waals surface area (Å²) in [5.41, 5.74) is 3.39. The summed E-state index contributed by atoms with van der Waals surface area (Å²) in [4.78, 5) is 29.0. The maximum atomic E-state index is 12.0. The van der Waals surface area contributed by atoms with E-state index in [1.165, 1.54) is 17.3 Å². The molecule has 9 heteroatoms. The number of rotatable bonds is 8. The van der Waals surface area contributed by atoms with Crippen molar-refractivity contribution in [1.82, 2.24) is 15.3 Å². The Labute approximate surface area is 168 Å². The molecule has 1 aromatic heterocycles. The Kier molecular flexibility index (Phi) is 7.76. The van der Waals surface area contributed by atoms with Crippen LogP contribution in [0.1, 0.15) is 22.8 Å². The average molecular weight is 405 g/mol. The van der Waals surface area contributed by atoms with Gasteiger partial charge in [-0.05, 0) is 36.8 Å². The average Bonchev–Trinajstić information content (AvgIpc) is 2.68. The molecule has 0 radical (unpaired) electrons. The molecule has 148 valence electrons. The fraction of sp³-hybridized carbons (Fsp3) is 0.263. The summed E-state index contributed by atoms with van der Waals surface area (Å²) < 4.78 is 11.1. The smallest absolute Gasteiger partial charge is 0.272 e. The van der Waals surface area contributed by atoms with E-state index in [1.807, 2.05) is 6.92 Å². The Morgan fingerprint density at radius 1 is 1.32 bits per heavy atom. The van der Waals surface area contributed by atoms with Crippen molar-refractivity contribution in [2.24, 2.45) is 5.10 Å². The molecule has 1 N–H and O–H groups in total. The van der Waals surface area contributed by atoms with Crippen molar-refractivity contribution in [2.45, 2.75) is 6.92 Å². The molecule has 0 saturated carbocycles. The molecule has 0 unspecified atom stereocenters. The number of nitrogens with one attached hydrogen (secondary N) is 1. The SMILES string of the molecule is CCOc1cc(/C=N\NC(=O)c2cccnc2)cc(Cl)c1OCC(=O)N(C)C. The van der Waals surface area contributed by atoms with E-state index < -0.39 is 0 Å². The normalized spacial score (nSPS) is 10.6. The number of hydrogen-bond acceptors (Lipinski definition) is 6. The second kappa shape index (κ2) is 10.3. The Morgan fingerprint density at radius 2 is 2.11 bits per heavy atom. The van der Waals surface area contributed by atoms with E-state index in [9.17, 15) is 9.59 Å². The zero-order valence-electron chi connectivity index (χ0n) is 15.8. The largest absolute Gasteiger partial charge is 0.490 e. The number of benzene rings is 1. The Hall–Kier alpha value is -3.13. The van der Waals surface area contributed by atoms with Crippen molar-refractivity contribution >= 4 is 29.6 Å². The number of pyridine rings is 1. The predicted molar refractivity (Wildman–Crippen MR) is 106 cm³/mol. The van der Waals surface area contributed by atoms with Crippen LogP contribution in [-0.2, 0) is 4.79 Å². The molecule has 8 nitrogen and oxygen atoms in total. The monoisotopic (exact) mass is 404 g/mol. The van der Waals surface area contributed by atoms with Crippen LogP contribution < -0.4 is 14.9 Å². The highest BCUT2D eigenvalue weighted by Crippen LogP contribution is 2.36. The van der Waals surface area contributed by atoms with E-state index in [1.54, 1.807) is 44.6 Å². The van der Waals surface area contributed by atoms with Crippen molar-refractivity contribution in [3.63, 3.8) is 0 Å². The van der Waals surface area contributed by atoms with Gasteiger partial charge in [-0.2, -0.15) is 5.10 Å². The maximum Gasteiger partial charge on any atom is 0.272 e. The molecule has 0 aliphatic heterocycles. The van der Waals surface area contributed by atoms with Crippen molar-refractivity contribution in [3.8, 4) is 11.5 Å². The van der Waals surface area contributed by atoms with Gasteiger partial charge in [0.2, 0.25) is 0 Å². The summed E-state index contributed by atoms with van der Waals surface area (Å²) in [6, 6.07) is 6.54. The highest BCUT2D eigenvalue weighted by Gasteiger charge is 2.15. The summed E-state index contributed by atoms with van der Waals surface area (Å²) in [6.45, 7) is 2.03. The van der Waals surface area contributed by atoms with Crippen LogP contribution in [0, 0.1) is 0 Å². The minimum atomic E-state index is -0.386. The van der Waals surface area contributed by atoms with Crippen molar-refractivity contribution < 1.29 is 19.1 Å². The lowest BCUT2D eigenvalue weighted by Crippen LogP contribution is -2.27. The van der Waals surface area contributed by atoms with Crippen LogP contribution in [0.25, 0.3) is 0 Å². The van der Waals surface area contributed by atoms with Gasteiger partial charge in [0.15, 0.2) is 18.1 Å². The first-order valence-corrected chi connectivity index (χ1v) is 8.83. The van der Waals surface area contributed by atoms with Crippen molar-refractivity contribution in [3.05, 3.63) is 52.8 Å². The van der Waals surface area contributed by atoms with Gasteiger partial charge in [-0.15, -0.1) is 0 Å². The van der Waals surface area contributed by atoms with Gasteiger partial charge < -0.3 is 14.4 Å². The lowest BCUT2D eigenvalue weighted by atomic mass is 10.2. The third kappa shape index (κ3) is 5.95. The zero-order valence-corrected chi connectivity index (χ0v) is 16.6. The van der Waals surface area contributed by atoms with Gasteiger partial charge in [-0.3, -0.25) is 14.6 Å². The van der Waals surface area contributed by atoms with Crippen LogP contribution >= 0.6 is 11.6 Å². The summed E-state index contributed by atoms with van der Waals surface area (Å²) in [7, 11) is 3.27. The topological polar surface area (TPSA) is 93.1 Å². The highest BCUT2D eigenvalue weighted by molar-refractivity contribution is 6.32. The Bertz CT molecular complexity index is 857. The van der Waals surface area contributed by atoms with E-state index in [4.69, 9.17) is 21.1 Å². The number of carbonyl (C=O) groups is 2. The fourth-order valence-electron chi connectivity index (χ4n) is 2.06. The molecule has 0 atom stereocenters. The van der Waals surface area contributed by atoms with Crippen LogP contribution in [0.3, 0.4) is 0 Å². The molecule has 0 spiro atoms. The van der Waals surface area contributed by atoms with Gasteiger partial charge in [0.05, 0.1) is 23.4 Å². The Morgan fingerprint density at radius 3 is 2.75 bits per heavy atom. The molecule has 28 heavy (non-hydrogen) atoms. The molecule has 2 rings (SSSR count). The first kappa shape index (κ1) is 21.2. The molecular formula is C19H21ClN4O4. The summed E-state index contributed by atoms with van der Waals surface area (Å²) >= 11 is 6.28.